The van der Waals surface area contributed by atoms with E-state index in [1.54, 1.807) is 24.3 Å². The molecule has 0 amide bonds. The molecule has 110 valence electrons. The summed E-state index contributed by atoms with van der Waals surface area (Å²) in [5.41, 5.74) is 1.56. The first kappa shape index (κ1) is 14.8. The molecule has 2 rings (SSSR count). The minimum absolute atomic E-state index is 0.0434. The van der Waals surface area contributed by atoms with Crippen molar-refractivity contribution in [1.82, 2.24) is 9.78 Å². The molecule has 0 fully saturated rings. The van der Waals surface area contributed by atoms with Crippen LogP contribution in [0.25, 0.3) is 5.69 Å². The standard InChI is InChI=1S/C15H16N2O4/c1-3-6-10-9-12(14(18)19)16-17(10)13-8-5-4-7-11(13)15(20)21-2/h4-5,7-9H,3,6H2,1-2H3,(H,18,19). The maximum Gasteiger partial charge on any atom is 0.356 e. The Morgan fingerprint density at radius 2 is 2.05 bits per heavy atom. The molecule has 1 aromatic carbocycles. The van der Waals surface area contributed by atoms with Crippen molar-refractivity contribution in [2.24, 2.45) is 0 Å². The molecule has 1 N–H and O–H groups in total. The van der Waals surface area contributed by atoms with Gasteiger partial charge in [-0.25, -0.2) is 14.3 Å². The van der Waals surface area contributed by atoms with Gasteiger partial charge < -0.3 is 9.84 Å². The number of rotatable bonds is 5. The van der Waals surface area contributed by atoms with Gasteiger partial charge in [0.15, 0.2) is 5.69 Å². The fourth-order valence-electron chi connectivity index (χ4n) is 2.11. The Morgan fingerprint density at radius 3 is 2.67 bits per heavy atom. The molecule has 6 nitrogen and oxygen atoms in total. The Hall–Kier alpha value is -2.63. The van der Waals surface area contributed by atoms with E-state index in [9.17, 15) is 9.59 Å². The van der Waals surface area contributed by atoms with Crippen LogP contribution in [0.3, 0.4) is 0 Å². The van der Waals surface area contributed by atoms with E-state index < -0.39 is 11.9 Å². The number of carbonyl (C=O) groups is 2. The fraction of sp³-hybridized carbons (Fsp3) is 0.267. The molecule has 2 aromatic rings. The number of aromatic carboxylic acids is 1. The summed E-state index contributed by atoms with van der Waals surface area (Å²) >= 11 is 0. The number of carbonyl (C=O) groups excluding carboxylic acids is 1. The van der Waals surface area contributed by atoms with Gasteiger partial charge in [-0.2, -0.15) is 5.10 Å². The van der Waals surface area contributed by atoms with Crippen molar-refractivity contribution in [2.75, 3.05) is 7.11 Å². The van der Waals surface area contributed by atoms with Crippen molar-refractivity contribution < 1.29 is 19.4 Å². The van der Waals surface area contributed by atoms with Gasteiger partial charge in [-0.05, 0) is 24.6 Å². The number of carboxylic acid groups (broad SMARTS) is 1. The number of hydrogen-bond donors (Lipinski definition) is 1. The van der Waals surface area contributed by atoms with Gasteiger partial charge in [0.05, 0.1) is 18.4 Å². The molecule has 0 saturated heterocycles. The third kappa shape index (κ3) is 2.94. The van der Waals surface area contributed by atoms with Crippen LogP contribution in [0, 0.1) is 0 Å². The van der Waals surface area contributed by atoms with Gasteiger partial charge in [0.2, 0.25) is 0 Å². The highest BCUT2D eigenvalue weighted by Crippen LogP contribution is 2.19. The van der Waals surface area contributed by atoms with E-state index in [1.807, 2.05) is 6.92 Å². The monoisotopic (exact) mass is 288 g/mol. The number of methoxy groups -OCH3 is 1. The lowest BCUT2D eigenvalue weighted by Gasteiger charge is -2.10. The lowest BCUT2D eigenvalue weighted by molar-refractivity contribution is 0.0600. The summed E-state index contributed by atoms with van der Waals surface area (Å²) in [5.74, 6) is -1.58. The maximum absolute atomic E-state index is 11.8. The first-order valence-electron chi connectivity index (χ1n) is 6.58. The third-order valence-electron chi connectivity index (χ3n) is 3.05. The van der Waals surface area contributed by atoms with E-state index >= 15 is 0 Å². The summed E-state index contributed by atoms with van der Waals surface area (Å²) in [4.78, 5) is 22.9. The van der Waals surface area contributed by atoms with E-state index in [-0.39, 0.29) is 5.69 Å². The van der Waals surface area contributed by atoms with Gasteiger partial charge in [0.25, 0.3) is 0 Å². The van der Waals surface area contributed by atoms with Crippen molar-refractivity contribution in [3.05, 3.63) is 47.3 Å². The number of benzene rings is 1. The van der Waals surface area contributed by atoms with E-state index in [0.717, 1.165) is 12.1 Å². The number of aryl methyl sites for hydroxylation is 1. The van der Waals surface area contributed by atoms with Crippen LogP contribution in [-0.4, -0.2) is 33.9 Å². The summed E-state index contributed by atoms with van der Waals surface area (Å²) in [6, 6.07) is 8.35. The van der Waals surface area contributed by atoms with Crippen LogP contribution in [0.4, 0.5) is 0 Å². The van der Waals surface area contributed by atoms with Crippen LogP contribution in [0.1, 0.15) is 39.9 Å². The molecule has 0 atom stereocenters. The highest BCUT2D eigenvalue weighted by atomic mass is 16.5. The first-order chi connectivity index (χ1) is 10.1. The largest absolute Gasteiger partial charge is 0.476 e. The topological polar surface area (TPSA) is 81.4 Å². The molecule has 0 aliphatic heterocycles. The van der Waals surface area contributed by atoms with Gasteiger partial charge in [-0.1, -0.05) is 25.5 Å². The lowest BCUT2D eigenvalue weighted by atomic mass is 10.1. The highest BCUT2D eigenvalue weighted by molar-refractivity contribution is 5.93. The number of para-hydroxylation sites is 1. The molecule has 1 aromatic heterocycles. The van der Waals surface area contributed by atoms with Crippen molar-refractivity contribution in [1.29, 1.82) is 0 Å². The molecule has 0 saturated carbocycles. The highest BCUT2D eigenvalue weighted by Gasteiger charge is 2.18. The van der Waals surface area contributed by atoms with Crippen LogP contribution in [0.15, 0.2) is 30.3 Å². The smallest absolute Gasteiger partial charge is 0.356 e. The Morgan fingerprint density at radius 1 is 1.33 bits per heavy atom. The van der Waals surface area contributed by atoms with Crippen molar-refractivity contribution in [2.45, 2.75) is 19.8 Å². The lowest BCUT2D eigenvalue weighted by Crippen LogP contribution is -2.11. The number of esters is 1. The predicted octanol–water partition coefficient (Wildman–Crippen LogP) is 2.31. The third-order valence-corrected chi connectivity index (χ3v) is 3.05. The number of ether oxygens (including phenoxy) is 1. The molecule has 0 unspecified atom stereocenters. The second-order valence-corrected chi connectivity index (χ2v) is 4.50. The number of carboxylic acids is 1. The molecule has 0 bridgehead atoms. The fourth-order valence-corrected chi connectivity index (χ4v) is 2.11. The van der Waals surface area contributed by atoms with Crippen molar-refractivity contribution in [3.63, 3.8) is 0 Å². The van der Waals surface area contributed by atoms with Gasteiger partial charge in [0.1, 0.15) is 0 Å². The second-order valence-electron chi connectivity index (χ2n) is 4.50. The van der Waals surface area contributed by atoms with E-state index in [0.29, 0.717) is 17.7 Å². The molecule has 6 heteroatoms. The summed E-state index contributed by atoms with van der Waals surface area (Å²) in [5, 5.41) is 13.2. The molecule has 1 heterocycles. The average Bonchev–Trinajstić information content (AvgIpc) is 2.91. The summed E-state index contributed by atoms with van der Waals surface area (Å²) in [7, 11) is 1.30. The number of aromatic nitrogens is 2. The molecule has 0 aliphatic carbocycles. The number of nitrogens with zero attached hydrogens (tertiary/aromatic N) is 2. The minimum Gasteiger partial charge on any atom is -0.476 e. The van der Waals surface area contributed by atoms with Gasteiger partial charge >= 0.3 is 11.9 Å². The Balaban J connectivity index is 2.60. The molecule has 0 radical (unpaired) electrons. The van der Waals surface area contributed by atoms with Crippen LogP contribution in [0.5, 0.6) is 0 Å². The van der Waals surface area contributed by atoms with Crippen LogP contribution < -0.4 is 0 Å². The van der Waals surface area contributed by atoms with E-state index in [4.69, 9.17) is 9.84 Å². The molecule has 0 aliphatic rings. The summed E-state index contributed by atoms with van der Waals surface area (Å²) in [6.07, 6.45) is 1.50. The molecular formula is C15H16N2O4. The van der Waals surface area contributed by atoms with Crippen molar-refractivity contribution in [3.8, 4) is 5.69 Å². The van der Waals surface area contributed by atoms with Gasteiger partial charge in [0, 0.05) is 5.69 Å². The number of hydrogen-bond acceptors (Lipinski definition) is 4. The zero-order valence-corrected chi connectivity index (χ0v) is 11.9. The summed E-state index contributed by atoms with van der Waals surface area (Å²) < 4.78 is 6.26. The first-order valence-corrected chi connectivity index (χ1v) is 6.58. The zero-order chi connectivity index (χ0) is 15.4. The Bertz CT molecular complexity index is 676. The van der Waals surface area contributed by atoms with Crippen LogP contribution in [0.2, 0.25) is 0 Å². The van der Waals surface area contributed by atoms with Crippen molar-refractivity contribution >= 4 is 11.9 Å². The SMILES string of the molecule is CCCc1cc(C(=O)O)nn1-c1ccccc1C(=O)OC. The molecular weight excluding hydrogens is 272 g/mol. The molecule has 0 spiro atoms. The van der Waals surface area contributed by atoms with Gasteiger partial charge in [-0.15, -0.1) is 0 Å². The predicted molar refractivity (Wildman–Crippen MR) is 75.9 cm³/mol. The Labute approximate surface area is 122 Å². The van der Waals surface area contributed by atoms with E-state index in [1.165, 1.54) is 17.9 Å². The molecule has 21 heavy (non-hydrogen) atoms. The van der Waals surface area contributed by atoms with Gasteiger partial charge in [-0.3, -0.25) is 0 Å². The maximum atomic E-state index is 11.8. The average molecular weight is 288 g/mol. The Kier molecular flexibility index (Phi) is 4.37. The zero-order valence-electron chi connectivity index (χ0n) is 11.9. The minimum atomic E-state index is -1.10. The normalized spacial score (nSPS) is 10.4. The van der Waals surface area contributed by atoms with Crippen LogP contribution >= 0.6 is 0 Å². The summed E-state index contributed by atoms with van der Waals surface area (Å²) in [6.45, 7) is 1.99. The quantitative estimate of drug-likeness (QED) is 0.854. The van der Waals surface area contributed by atoms with Crippen LogP contribution in [-0.2, 0) is 11.2 Å². The van der Waals surface area contributed by atoms with E-state index in [2.05, 4.69) is 5.10 Å². The second kappa shape index (κ2) is 6.21.